The first-order valence-corrected chi connectivity index (χ1v) is 7.58. The first-order chi connectivity index (χ1) is 9.83. The maximum atomic E-state index is 12.0. The Kier molecular flexibility index (Phi) is 4.21. The summed E-state index contributed by atoms with van der Waals surface area (Å²) in [5.74, 6) is 1.80. The van der Waals surface area contributed by atoms with Crippen molar-refractivity contribution in [1.82, 2.24) is 5.32 Å². The van der Waals surface area contributed by atoms with Crippen molar-refractivity contribution in [3.05, 3.63) is 23.8 Å². The van der Waals surface area contributed by atoms with E-state index >= 15 is 0 Å². The molecule has 0 radical (unpaired) electrons. The molecule has 1 amide bonds. The Morgan fingerprint density at radius 2 is 2.40 bits per heavy atom. The standard InChI is InChI=1S/C16H22N2O2/c19-16(6-1-3-12-7-9-17-11-12)18-14-4-2-5-15-13(14)8-10-20-15/h2,4-5,12,17H,1,3,6-11H2,(H,18,19). The second-order valence-electron chi connectivity index (χ2n) is 5.68. The SMILES string of the molecule is O=C(CCCC1CCNC1)Nc1cccc2c1CCO2. The van der Waals surface area contributed by atoms with Crippen LogP contribution in [0.3, 0.4) is 0 Å². The summed E-state index contributed by atoms with van der Waals surface area (Å²) in [5.41, 5.74) is 2.06. The molecule has 1 saturated heterocycles. The molecule has 0 bridgehead atoms. The molecule has 1 atom stereocenters. The number of anilines is 1. The van der Waals surface area contributed by atoms with Gasteiger partial charge in [0.1, 0.15) is 5.75 Å². The second kappa shape index (κ2) is 6.27. The number of fused-ring (bicyclic) bond motifs is 1. The van der Waals surface area contributed by atoms with Gasteiger partial charge < -0.3 is 15.4 Å². The van der Waals surface area contributed by atoms with E-state index in [1.165, 1.54) is 6.42 Å². The number of ether oxygens (including phenoxy) is 1. The molecule has 0 aromatic heterocycles. The Balaban J connectivity index is 1.48. The van der Waals surface area contributed by atoms with Crippen LogP contribution in [0.1, 0.15) is 31.2 Å². The zero-order valence-corrected chi connectivity index (χ0v) is 11.8. The van der Waals surface area contributed by atoms with Crippen LogP contribution in [0, 0.1) is 5.92 Å². The Morgan fingerprint density at radius 3 is 3.25 bits per heavy atom. The van der Waals surface area contributed by atoms with Gasteiger partial charge in [0.05, 0.1) is 6.61 Å². The van der Waals surface area contributed by atoms with Crippen LogP contribution in [-0.2, 0) is 11.2 Å². The van der Waals surface area contributed by atoms with Gasteiger partial charge in [-0.15, -0.1) is 0 Å². The third-order valence-corrected chi connectivity index (χ3v) is 4.20. The molecule has 3 rings (SSSR count). The number of amides is 1. The van der Waals surface area contributed by atoms with Gasteiger partial charge >= 0.3 is 0 Å². The molecule has 4 nitrogen and oxygen atoms in total. The van der Waals surface area contributed by atoms with Gasteiger partial charge in [-0.25, -0.2) is 0 Å². The van der Waals surface area contributed by atoms with Gasteiger partial charge in [-0.3, -0.25) is 4.79 Å². The van der Waals surface area contributed by atoms with Crippen LogP contribution < -0.4 is 15.4 Å². The first-order valence-electron chi connectivity index (χ1n) is 7.58. The van der Waals surface area contributed by atoms with Gasteiger partial charge in [0.15, 0.2) is 0 Å². The second-order valence-corrected chi connectivity index (χ2v) is 5.68. The van der Waals surface area contributed by atoms with Gasteiger partial charge in [-0.1, -0.05) is 6.07 Å². The summed E-state index contributed by atoms with van der Waals surface area (Å²) in [7, 11) is 0. The highest BCUT2D eigenvalue weighted by Crippen LogP contribution is 2.31. The molecule has 1 fully saturated rings. The maximum Gasteiger partial charge on any atom is 0.224 e. The van der Waals surface area contributed by atoms with E-state index in [2.05, 4.69) is 10.6 Å². The summed E-state index contributed by atoms with van der Waals surface area (Å²) in [5, 5.41) is 6.40. The van der Waals surface area contributed by atoms with Crippen molar-refractivity contribution in [3.8, 4) is 5.75 Å². The van der Waals surface area contributed by atoms with Gasteiger partial charge in [0, 0.05) is 24.1 Å². The van der Waals surface area contributed by atoms with E-state index in [-0.39, 0.29) is 5.91 Å². The lowest BCUT2D eigenvalue weighted by Crippen LogP contribution is -2.13. The predicted molar refractivity (Wildman–Crippen MR) is 79.1 cm³/mol. The highest BCUT2D eigenvalue weighted by molar-refractivity contribution is 5.92. The molecule has 2 N–H and O–H groups in total. The normalized spacial score (nSPS) is 20.5. The minimum absolute atomic E-state index is 0.122. The fraction of sp³-hybridized carbons (Fsp3) is 0.562. The van der Waals surface area contributed by atoms with E-state index in [1.54, 1.807) is 0 Å². The lowest BCUT2D eigenvalue weighted by molar-refractivity contribution is -0.116. The number of carbonyl (C=O) groups excluding carboxylic acids is 1. The summed E-state index contributed by atoms with van der Waals surface area (Å²) in [6.07, 6.45) is 4.88. The van der Waals surface area contributed by atoms with Crippen molar-refractivity contribution in [2.75, 3.05) is 25.0 Å². The molecule has 20 heavy (non-hydrogen) atoms. The van der Waals surface area contributed by atoms with Crippen molar-refractivity contribution in [1.29, 1.82) is 0 Å². The molecule has 1 unspecified atom stereocenters. The summed E-state index contributed by atoms with van der Waals surface area (Å²) >= 11 is 0. The molecule has 1 aromatic carbocycles. The summed E-state index contributed by atoms with van der Waals surface area (Å²) in [6, 6.07) is 5.86. The van der Waals surface area contributed by atoms with Crippen LogP contribution in [-0.4, -0.2) is 25.6 Å². The number of hydrogen-bond donors (Lipinski definition) is 2. The van der Waals surface area contributed by atoms with Gasteiger partial charge in [-0.2, -0.15) is 0 Å². The molecule has 1 aromatic rings. The van der Waals surface area contributed by atoms with Gasteiger partial charge in [0.2, 0.25) is 5.91 Å². The number of hydrogen-bond acceptors (Lipinski definition) is 3. The van der Waals surface area contributed by atoms with Crippen LogP contribution >= 0.6 is 0 Å². The molecule has 0 saturated carbocycles. The van der Waals surface area contributed by atoms with E-state index in [1.807, 2.05) is 18.2 Å². The minimum Gasteiger partial charge on any atom is -0.493 e. The highest BCUT2D eigenvalue weighted by atomic mass is 16.5. The topological polar surface area (TPSA) is 50.4 Å². The van der Waals surface area contributed by atoms with E-state index in [0.29, 0.717) is 6.42 Å². The summed E-state index contributed by atoms with van der Waals surface area (Å²) < 4.78 is 5.51. The van der Waals surface area contributed by atoms with Crippen molar-refractivity contribution in [2.24, 2.45) is 5.92 Å². The maximum absolute atomic E-state index is 12.0. The van der Waals surface area contributed by atoms with Crippen LogP contribution in [0.2, 0.25) is 0 Å². The third-order valence-electron chi connectivity index (χ3n) is 4.20. The van der Waals surface area contributed by atoms with Gasteiger partial charge in [0.25, 0.3) is 0 Å². The fourth-order valence-corrected chi connectivity index (χ4v) is 3.06. The van der Waals surface area contributed by atoms with Crippen LogP contribution in [0.4, 0.5) is 5.69 Å². The fourth-order valence-electron chi connectivity index (χ4n) is 3.06. The van der Waals surface area contributed by atoms with Crippen molar-refractivity contribution < 1.29 is 9.53 Å². The number of benzene rings is 1. The average Bonchev–Trinajstić information content (AvgIpc) is 3.09. The smallest absolute Gasteiger partial charge is 0.224 e. The number of nitrogens with one attached hydrogen (secondary N) is 2. The Bertz CT molecular complexity index is 481. The van der Waals surface area contributed by atoms with Crippen LogP contribution in [0.25, 0.3) is 0 Å². The molecule has 108 valence electrons. The third kappa shape index (κ3) is 3.12. The Hall–Kier alpha value is -1.55. The van der Waals surface area contributed by atoms with E-state index in [4.69, 9.17) is 4.74 Å². The predicted octanol–water partition coefficient (Wildman–Crippen LogP) is 2.34. The molecule has 0 spiro atoms. The van der Waals surface area contributed by atoms with Crippen LogP contribution in [0.15, 0.2) is 18.2 Å². The summed E-state index contributed by atoms with van der Waals surface area (Å²) in [6.45, 7) is 2.97. The van der Waals surface area contributed by atoms with E-state index in [0.717, 1.165) is 61.9 Å². The van der Waals surface area contributed by atoms with Crippen molar-refractivity contribution in [3.63, 3.8) is 0 Å². The summed E-state index contributed by atoms with van der Waals surface area (Å²) in [4.78, 5) is 12.0. The van der Waals surface area contributed by atoms with Gasteiger partial charge in [-0.05, 0) is 50.4 Å². The first kappa shape index (κ1) is 13.4. The highest BCUT2D eigenvalue weighted by Gasteiger charge is 2.18. The quantitative estimate of drug-likeness (QED) is 0.866. The van der Waals surface area contributed by atoms with Crippen molar-refractivity contribution in [2.45, 2.75) is 32.1 Å². The minimum atomic E-state index is 0.122. The lowest BCUT2D eigenvalue weighted by Gasteiger charge is -2.10. The van der Waals surface area contributed by atoms with Crippen molar-refractivity contribution >= 4 is 11.6 Å². The van der Waals surface area contributed by atoms with E-state index in [9.17, 15) is 4.79 Å². The monoisotopic (exact) mass is 274 g/mol. The zero-order chi connectivity index (χ0) is 13.8. The van der Waals surface area contributed by atoms with Crippen LogP contribution in [0.5, 0.6) is 5.75 Å². The number of rotatable bonds is 5. The molecule has 2 aliphatic heterocycles. The number of carbonyl (C=O) groups is 1. The lowest BCUT2D eigenvalue weighted by atomic mass is 10.0. The largest absolute Gasteiger partial charge is 0.493 e. The zero-order valence-electron chi connectivity index (χ0n) is 11.8. The molecular formula is C16H22N2O2. The van der Waals surface area contributed by atoms with E-state index < -0.39 is 0 Å². The Labute approximate surface area is 119 Å². The molecule has 2 aliphatic rings. The molecule has 4 heteroatoms. The molecule has 0 aliphatic carbocycles. The molecule has 2 heterocycles. The Morgan fingerprint density at radius 1 is 1.45 bits per heavy atom. The average molecular weight is 274 g/mol. The molecular weight excluding hydrogens is 252 g/mol.